The van der Waals surface area contributed by atoms with Gasteiger partial charge in [0.05, 0.1) is 16.1 Å². The lowest BCUT2D eigenvalue weighted by atomic mass is 9.97. The molecular weight excluding hydrogens is 454 g/mol. The summed E-state index contributed by atoms with van der Waals surface area (Å²) in [5.74, 6) is -1.05. The fraction of sp³-hybridized carbons (Fsp3) is 0.600. The van der Waals surface area contributed by atoms with E-state index in [9.17, 15) is 18.0 Å². The lowest BCUT2D eigenvalue weighted by molar-refractivity contribution is -0.124. The second kappa shape index (κ2) is 12.4. The molecule has 1 aromatic rings. The van der Waals surface area contributed by atoms with Crippen LogP contribution in [0.1, 0.15) is 69.2 Å². The van der Waals surface area contributed by atoms with Crippen LogP contribution < -0.4 is 10.2 Å². The van der Waals surface area contributed by atoms with Crippen LogP contribution in [0.15, 0.2) is 34.7 Å². The molecule has 1 aliphatic carbocycles. The van der Waals surface area contributed by atoms with E-state index < -0.39 is 22.6 Å². The summed E-state index contributed by atoms with van der Waals surface area (Å²) in [4.78, 5) is 27.3. The Morgan fingerprint density at radius 3 is 2.47 bits per heavy atom. The smallest absolute Gasteiger partial charge is 0.340 e. The predicted molar refractivity (Wildman–Crippen MR) is 132 cm³/mol. The summed E-state index contributed by atoms with van der Waals surface area (Å²) >= 11 is 0. The van der Waals surface area contributed by atoms with Crippen molar-refractivity contribution < 1.29 is 22.7 Å². The van der Waals surface area contributed by atoms with Crippen LogP contribution in [0, 0.1) is 0 Å². The van der Waals surface area contributed by atoms with Crippen LogP contribution >= 0.6 is 0 Å². The van der Waals surface area contributed by atoms with E-state index >= 15 is 0 Å². The van der Waals surface area contributed by atoms with Crippen LogP contribution in [0.25, 0.3) is 0 Å². The highest BCUT2D eigenvalue weighted by atomic mass is 32.2. The summed E-state index contributed by atoms with van der Waals surface area (Å²) in [7, 11) is -3.73. The second-order valence-corrected chi connectivity index (χ2v) is 10.7. The summed E-state index contributed by atoms with van der Waals surface area (Å²) in [6.07, 6.45) is 9.67. The summed E-state index contributed by atoms with van der Waals surface area (Å²) < 4.78 is 32.7. The number of hydrogen-bond acceptors (Lipinski definition) is 6. The molecule has 0 atom stereocenters. The zero-order valence-corrected chi connectivity index (χ0v) is 21.2. The van der Waals surface area contributed by atoms with Gasteiger partial charge < -0.3 is 15.0 Å². The SMILES string of the molecule is CCN(CC)S(=O)(=O)c1ccc(N2CCCC2)c(C(=O)OCC(=O)NCCC2=CCCCC2)c1. The lowest BCUT2D eigenvalue weighted by Crippen LogP contribution is -2.31. The van der Waals surface area contributed by atoms with Crippen molar-refractivity contribution in [2.45, 2.75) is 63.7 Å². The molecule has 1 fully saturated rings. The maximum atomic E-state index is 13.0. The number of allylic oxidation sites excluding steroid dienone is 1. The van der Waals surface area contributed by atoms with Crippen molar-refractivity contribution >= 4 is 27.6 Å². The summed E-state index contributed by atoms with van der Waals surface area (Å²) in [6.45, 7) is 5.92. The van der Waals surface area contributed by atoms with Crippen molar-refractivity contribution in [3.63, 3.8) is 0 Å². The maximum Gasteiger partial charge on any atom is 0.340 e. The van der Waals surface area contributed by atoms with E-state index in [0.717, 1.165) is 45.2 Å². The Bertz CT molecular complexity index is 996. The van der Waals surface area contributed by atoms with Gasteiger partial charge in [-0.15, -0.1) is 0 Å². The van der Waals surface area contributed by atoms with Gasteiger partial charge in [0.2, 0.25) is 10.0 Å². The Hall–Kier alpha value is -2.39. The first-order chi connectivity index (χ1) is 16.4. The maximum absolute atomic E-state index is 13.0. The number of benzene rings is 1. The number of sulfonamides is 1. The fourth-order valence-corrected chi connectivity index (χ4v) is 6.02. The number of rotatable bonds is 11. The van der Waals surface area contributed by atoms with Gasteiger partial charge in [0, 0.05) is 32.7 Å². The molecule has 1 saturated heterocycles. The van der Waals surface area contributed by atoms with Crippen LogP contribution in [0.2, 0.25) is 0 Å². The molecule has 2 aliphatic rings. The molecule has 0 unspecified atom stereocenters. The molecule has 1 aromatic carbocycles. The lowest BCUT2D eigenvalue weighted by Gasteiger charge is -2.23. The number of carbonyl (C=O) groups is 2. The first-order valence-electron chi connectivity index (χ1n) is 12.4. The first kappa shape index (κ1) is 26.2. The molecule has 188 valence electrons. The molecule has 0 radical (unpaired) electrons. The number of carbonyl (C=O) groups excluding carboxylic acids is 2. The fourth-order valence-electron chi connectivity index (χ4n) is 4.54. The van der Waals surface area contributed by atoms with Crippen molar-refractivity contribution in [2.24, 2.45) is 0 Å². The van der Waals surface area contributed by atoms with Gasteiger partial charge in [0.1, 0.15) is 0 Å². The Labute approximate surface area is 203 Å². The van der Waals surface area contributed by atoms with Gasteiger partial charge in [-0.1, -0.05) is 25.5 Å². The molecule has 0 aromatic heterocycles. The Morgan fingerprint density at radius 1 is 1.09 bits per heavy atom. The number of nitrogens with zero attached hydrogens (tertiary/aromatic N) is 2. The Kier molecular flexibility index (Phi) is 9.53. The zero-order valence-electron chi connectivity index (χ0n) is 20.3. The topological polar surface area (TPSA) is 96.0 Å². The van der Waals surface area contributed by atoms with Crippen LogP contribution in [0.4, 0.5) is 5.69 Å². The third kappa shape index (κ3) is 6.60. The molecule has 0 bridgehead atoms. The van der Waals surface area contributed by atoms with Crippen molar-refractivity contribution in [2.75, 3.05) is 44.2 Å². The van der Waals surface area contributed by atoms with Gasteiger partial charge in [0.15, 0.2) is 6.61 Å². The van der Waals surface area contributed by atoms with E-state index in [0.29, 0.717) is 25.3 Å². The van der Waals surface area contributed by atoms with Gasteiger partial charge in [-0.05, 0) is 63.1 Å². The summed E-state index contributed by atoms with van der Waals surface area (Å²) in [6, 6.07) is 4.61. The molecule has 0 saturated carbocycles. The highest BCUT2D eigenvalue weighted by molar-refractivity contribution is 7.89. The van der Waals surface area contributed by atoms with Crippen molar-refractivity contribution in [1.82, 2.24) is 9.62 Å². The van der Waals surface area contributed by atoms with Gasteiger partial charge >= 0.3 is 5.97 Å². The molecule has 8 nitrogen and oxygen atoms in total. The Balaban J connectivity index is 1.69. The molecular formula is C25H37N3O5S. The van der Waals surface area contributed by atoms with Crippen molar-refractivity contribution in [1.29, 1.82) is 0 Å². The highest BCUT2D eigenvalue weighted by Gasteiger charge is 2.27. The number of nitrogens with one attached hydrogen (secondary N) is 1. The molecule has 34 heavy (non-hydrogen) atoms. The average molecular weight is 492 g/mol. The van der Waals surface area contributed by atoms with E-state index in [1.165, 1.54) is 28.8 Å². The molecule has 3 rings (SSSR count). The van der Waals surface area contributed by atoms with E-state index in [1.807, 2.05) is 0 Å². The largest absolute Gasteiger partial charge is 0.452 e. The van der Waals surface area contributed by atoms with Crippen LogP contribution in [-0.2, 0) is 19.6 Å². The van der Waals surface area contributed by atoms with Gasteiger partial charge in [-0.25, -0.2) is 13.2 Å². The van der Waals surface area contributed by atoms with Gasteiger partial charge in [-0.2, -0.15) is 4.31 Å². The molecule has 9 heteroatoms. The number of esters is 1. The number of anilines is 1. The number of hydrogen-bond donors (Lipinski definition) is 1. The van der Waals surface area contributed by atoms with E-state index in [4.69, 9.17) is 4.74 Å². The standard InChI is InChI=1S/C25H37N3O5S/c1-3-28(4-2)34(31,32)21-12-13-23(27-16-8-9-17-27)22(18-21)25(30)33-19-24(29)26-15-14-20-10-6-5-7-11-20/h10,12-13,18H,3-9,11,14-17,19H2,1-2H3,(H,26,29). The van der Waals surface area contributed by atoms with E-state index in [1.54, 1.807) is 26.0 Å². The third-order valence-electron chi connectivity index (χ3n) is 6.47. The third-order valence-corrected chi connectivity index (χ3v) is 8.51. The van der Waals surface area contributed by atoms with Crippen molar-refractivity contribution in [3.05, 3.63) is 35.4 Å². The van der Waals surface area contributed by atoms with Gasteiger partial charge in [-0.3, -0.25) is 4.79 Å². The first-order valence-corrected chi connectivity index (χ1v) is 13.8. The van der Waals surface area contributed by atoms with Crippen LogP contribution in [-0.4, -0.2) is 63.9 Å². The molecule has 0 spiro atoms. The molecule has 1 N–H and O–H groups in total. The van der Waals surface area contributed by atoms with Crippen molar-refractivity contribution in [3.8, 4) is 0 Å². The molecule has 1 aliphatic heterocycles. The molecule has 1 heterocycles. The monoisotopic (exact) mass is 491 g/mol. The normalized spacial score (nSPS) is 16.4. The average Bonchev–Trinajstić information content (AvgIpc) is 3.38. The van der Waals surface area contributed by atoms with Crippen LogP contribution in [0.3, 0.4) is 0 Å². The minimum absolute atomic E-state index is 0.0521. The van der Waals surface area contributed by atoms with Crippen LogP contribution in [0.5, 0.6) is 0 Å². The zero-order chi connectivity index (χ0) is 24.6. The Morgan fingerprint density at radius 2 is 1.82 bits per heavy atom. The minimum atomic E-state index is -3.73. The van der Waals surface area contributed by atoms with Gasteiger partial charge in [0.25, 0.3) is 5.91 Å². The molecule has 1 amide bonds. The van der Waals surface area contributed by atoms with E-state index in [-0.39, 0.29) is 16.4 Å². The summed E-state index contributed by atoms with van der Waals surface area (Å²) in [5.41, 5.74) is 2.19. The second-order valence-electron chi connectivity index (χ2n) is 8.75. The highest BCUT2D eigenvalue weighted by Crippen LogP contribution is 2.29. The number of ether oxygens (including phenoxy) is 1. The minimum Gasteiger partial charge on any atom is -0.452 e. The number of amides is 1. The predicted octanol–water partition coefficient (Wildman–Crippen LogP) is 3.48. The van der Waals surface area contributed by atoms with E-state index in [2.05, 4.69) is 16.3 Å². The summed E-state index contributed by atoms with van der Waals surface area (Å²) in [5, 5.41) is 2.80. The quantitative estimate of drug-likeness (QED) is 0.376.